The molecule has 0 unspecified atom stereocenters. The molecule has 2 rings (SSSR count). The first-order valence-corrected chi connectivity index (χ1v) is 6.59. The summed E-state index contributed by atoms with van der Waals surface area (Å²) in [5.74, 6) is 0.712. The molecular formula is C13H23N3. The van der Waals surface area contributed by atoms with Crippen molar-refractivity contribution in [1.82, 2.24) is 14.9 Å². The number of hydrogen-bond acceptors (Lipinski definition) is 2. The van der Waals surface area contributed by atoms with E-state index in [9.17, 15) is 0 Å². The maximum atomic E-state index is 4.36. The third-order valence-electron chi connectivity index (χ3n) is 3.79. The van der Waals surface area contributed by atoms with Gasteiger partial charge in [-0.05, 0) is 38.8 Å². The summed E-state index contributed by atoms with van der Waals surface area (Å²) in [5, 5.41) is 3.42. The summed E-state index contributed by atoms with van der Waals surface area (Å²) in [7, 11) is 0. The number of rotatable bonds is 4. The van der Waals surface area contributed by atoms with Crippen LogP contribution >= 0.6 is 0 Å². The van der Waals surface area contributed by atoms with Crippen LogP contribution in [0, 0.1) is 0 Å². The molecule has 0 spiro atoms. The Kier molecular flexibility index (Phi) is 3.99. The van der Waals surface area contributed by atoms with Gasteiger partial charge in [-0.1, -0.05) is 13.8 Å². The maximum absolute atomic E-state index is 4.36. The van der Waals surface area contributed by atoms with Crippen LogP contribution in [0.4, 0.5) is 0 Å². The molecule has 90 valence electrons. The average molecular weight is 221 g/mol. The highest BCUT2D eigenvalue weighted by molar-refractivity contribution is 5.09. The van der Waals surface area contributed by atoms with Gasteiger partial charge < -0.3 is 9.88 Å². The highest BCUT2D eigenvalue weighted by Crippen LogP contribution is 2.28. The summed E-state index contributed by atoms with van der Waals surface area (Å²) in [4.78, 5) is 4.36. The number of nitrogens with one attached hydrogen (secondary N) is 1. The maximum Gasteiger partial charge on any atom is 0.0950 e. The van der Waals surface area contributed by atoms with Crippen LogP contribution in [0.3, 0.4) is 0 Å². The molecule has 2 heterocycles. The van der Waals surface area contributed by atoms with E-state index in [0.717, 1.165) is 13.1 Å². The van der Waals surface area contributed by atoms with E-state index in [0.29, 0.717) is 12.0 Å². The Labute approximate surface area is 98.3 Å². The summed E-state index contributed by atoms with van der Waals surface area (Å²) in [6, 6.07) is 0.632. The quantitative estimate of drug-likeness (QED) is 0.847. The van der Waals surface area contributed by atoms with Crippen LogP contribution in [0.25, 0.3) is 0 Å². The lowest BCUT2D eigenvalue weighted by Crippen LogP contribution is -2.28. The van der Waals surface area contributed by atoms with E-state index in [1.807, 2.05) is 6.33 Å². The molecule has 3 nitrogen and oxygen atoms in total. The first-order valence-electron chi connectivity index (χ1n) is 6.59. The predicted octanol–water partition coefficient (Wildman–Crippen LogP) is 2.71. The largest absolute Gasteiger partial charge is 0.331 e. The lowest BCUT2D eigenvalue weighted by Gasteiger charge is -2.26. The van der Waals surface area contributed by atoms with Crippen LogP contribution in [0.1, 0.15) is 57.2 Å². The zero-order chi connectivity index (χ0) is 11.4. The van der Waals surface area contributed by atoms with E-state index in [1.54, 1.807) is 0 Å². The van der Waals surface area contributed by atoms with Gasteiger partial charge in [-0.3, -0.25) is 0 Å². The Morgan fingerprint density at radius 3 is 2.69 bits per heavy atom. The van der Waals surface area contributed by atoms with Gasteiger partial charge in [0.2, 0.25) is 0 Å². The summed E-state index contributed by atoms with van der Waals surface area (Å²) in [6.45, 7) is 6.83. The molecule has 1 saturated heterocycles. The Balaban J connectivity index is 2.16. The van der Waals surface area contributed by atoms with E-state index < -0.39 is 0 Å². The topological polar surface area (TPSA) is 29.9 Å². The van der Waals surface area contributed by atoms with Crippen molar-refractivity contribution in [3.05, 3.63) is 18.2 Å². The van der Waals surface area contributed by atoms with Crippen molar-refractivity contribution < 1.29 is 0 Å². The van der Waals surface area contributed by atoms with Crippen molar-refractivity contribution in [2.45, 2.75) is 51.5 Å². The normalized spacial score (nSPS) is 18.2. The van der Waals surface area contributed by atoms with Crippen molar-refractivity contribution >= 4 is 0 Å². The standard InChI is InChI=1S/C13H23N3/c1-3-12(4-2)16-10-15-9-13(16)11-5-7-14-8-6-11/h9-12,14H,3-8H2,1-2H3. The van der Waals surface area contributed by atoms with Gasteiger partial charge in [0.25, 0.3) is 0 Å². The van der Waals surface area contributed by atoms with Crippen molar-refractivity contribution in [3.63, 3.8) is 0 Å². The molecule has 0 aromatic carbocycles. The van der Waals surface area contributed by atoms with Crippen molar-refractivity contribution in [1.29, 1.82) is 0 Å². The zero-order valence-electron chi connectivity index (χ0n) is 10.4. The van der Waals surface area contributed by atoms with Crippen LogP contribution in [0.5, 0.6) is 0 Å². The lowest BCUT2D eigenvalue weighted by atomic mass is 9.94. The van der Waals surface area contributed by atoms with Gasteiger partial charge in [0.05, 0.1) is 6.33 Å². The minimum atomic E-state index is 0.632. The van der Waals surface area contributed by atoms with E-state index in [4.69, 9.17) is 0 Å². The summed E-state index contributed by atoms with van der Waals surface area (Å²) < 4.78 is 2.41. The van der Waals surface area contributed by atoms with Crippen LogP contribution in [-0.4, -0.2) is 22.6 Å². The van der Waals surface area contributed by atoms with Crippen LogP contribution in [0.2, 0.25) is 0 Å². The SMILES string of the molecule is CCC(CC)n1cncc1C1CCNCC1. The molecule has 1 aliphatic heterocycles. The van der Waals surface area contributed by atoms with Crippen molar-refractivity contribution in [2.75, 3.05) is 13.1 Å². The number of hydrogen-bond donors (Lipinski definition) is 1. The van der Waals surface area contributed by atoms with E-state index in [1.165, 1.54) is 31.4 Å². The second kappa shape index (κ2) is 5.48. The molecule has 0 radical (unpaired) electrons. The van der Waals surface area contributed by atoms with E-state index in [2.05, 4.69) is 34.9 Å². The summed E-state index contributed by atoms with van der Waals surface area (Å²) in [6.07, 6.45) is 9.01. The number of piperidine rings is 1. The molecule has 0 amide bonds. The monoisotopic (exact) mass is 221 g/mol. The molecule has 1 aromatic heterocycles. The molecule has 1 N–H and O–H groups in total. The van der Waals surface area contributed by atoms with Gasteiger partial charge in [-0.2, -0.15) is 0 Å². The third kappa shape index (κ3) is 2.29. The van der Waals surface area contributed by atoms with Crippen LogP contribution in [0.15, 0.2) is 12.5 Å². The Morgan fingerprint density at radius 2 is 2.06 bits per heavy atom. The third-order valence-corrected chi connectivity index (χ3v) is 3.79. The molecular weight excluding hydrogens is 198 g/mol. The highest BCUT2D eigenvalue weighted by atomic mass is 15.1. The smallest absolute Gasteiger partial charge is 0.0950 e. The fourth-order valence-corrected chi connectivity index (χ4v) is 2.74. The Morgan fingerprint density at radius 1 is 1.38 bits per heavy atom. The molecule has 16 heavy (non-hydrogen) atoms. The second-order valence-corrected chi connectivity index (χ2v) is 4.72. The molecule has 1 aliphatic rings. The van der Waals surface area contributed by atoms with Gasteiger partial charge in [-0.15, -0.1) is 0 Å². The van der Waals surface area contributed by atoms with Crippen LogP contribution < -0.4 is 5.32 Å². The Bertz CT molecular complexity index is 309. The Hall–Kier alpha value is -0.830. The predicted molar refractivity (Wildman–Crippen MR) is 66.7 cm³/mol. The van der Waals surface area contributed by atoms with Gasteiger partial charge in [0.15, 0.2) is 0 Å². The first kappa shape index (κ1) is 11.6. The number of nitrogens with zero attached hydrogens (tertiary/aromatic N) is 2. The number of imidazole rings is 1. The van der Waals surface area contributed by atoms with Crippen molar-refractivity contribution in [3.8, 4) is 0 Å². The molecule has 0 atom stereocenters. The lowest BCUT2D eigenvalue weighted by molar-refractivity contribution is 0.402. The molecule has 0 aliphatic carbocycles. The second-order valence-electron chi connectivity index (χ2n) is 4.72. The first-order chi connectivity index (χ1) is 7.86. The molecule has 1 aromatic rings. The van der Waals surface area contributed by atoms with Gasteiger partial charge in [0, 0.05) is 23.9 Å². The van der Waals surface area contributed by atoms with E-state index in [-0.39, 0.29) is 0 Å². The molecule has 0 saturated carbocycles. The van der Waals surface area contributed by atoms with Gasteiger partial charge in [-0.25, -0.2) is 4.98 Å². The fraction of sp³-hybridized carbons (Fsp3) is 0.769. The number of aromatic nitrogens is 2. The van der Waals surface area contributed by atoms with Crippen LogP contribution in [-0.2, 0) is 0 Å². The molecule has 3 heteroatoms. The summed E-state index contributed by atoms with van der Waals surface area (Å²) >= 11 is 0. The van der Waals surface area contributed by atoms with Gasteiger partial charge in [0.1, 0.15) is 0 Å². The van der Waals surface area contributed by atoms with Crippen molar-refractivity contribution in [2.24, 2.45) is 0 Å². The minimum Gasteiger partial charge on any atom is -0.331 e. The zero-order valence-corrected chi connectivity index (χ0v) is 10.4. The summed E-state index contributed by atoms with van der Waals surface area (Å²) in [5.41, 5.74) is 1.45. The highest BCUT2D eigenvalue weighted by Gasteiger charge is 2.20. The average Bonchev–Trinajstić information content (AvgIpc) is 2.81. The van der Waals surface area contributed by atoms with E-state index >= 15 is 0 Å². The van der Waals surface area contributed by atoms with Gasteiger partial charge >= 0.3 is 0 Å². The fourth-order valence-electron chi connectivity index (χ4n) is 2.74. The molecule has 0 bridgehead atoms. The molecule has 1 fully saturated rings. The minimum absolute atomic E-state index is 0.632.